The van der Waals surface area contributed by atoms with Crippen LogP contribution in [0.3, 0.4) is 0 Å². The van der Waals surface area contributed by atoms with Crippen molar-refractivity contribution in [1.82, 2.24) is 19.5 Å². The van der Waals surface area contributed by atoms with E-state index in [9.17, 15) is 0 Å². The minimum absolute atomic E-state index is 0. The van der Waals surface area contributed by atoms with Crippen LogP contribution in [0, 0.1) is 12.8 Å². The third-order valence-electron chi connectivity index (χ3n) is 5.96. The van der Waals surface area contributed by atoms with Gasteiger partial charge in [0.25, 0.3) is 0 Å². The minimum atomic E-state index is 0. The summed E-state index contributed by atoms with van der Waals surface area (Å²) in [6.07, 6.45) is 8.36. The maximum Gasteiger partial charge on any atom is 0.156 e. The van der Waals surface area contributed by atoms with E-state index < -0.39 is 0 Å². The van der Waals surface area contributed by atoms with Crippen LogP contribution in [0.25, 0.3) is 0 Å². The van der Waals surface area contributed by atoms with Crippen LogP contribution in [0.2, 0.25) is 0 Å². The van der Waals surface area contributed by atoms with Crippen molar-refractivity contribution in [2.75, 3.05) is 25.1 Å². The molecule has 9 heteroatoms. The zero-order valence-corrected chi connectivity index (χ0v) is 18.8. The molecule has 1 aliphatic carbocycles. The van der Waals surface area contributed by atoms with E-state index >= 15 is 0 Å². The van der Waals surface area contributed by atoms with Crippen LogP contribution in [-0.4, -0.2) is 45.8 Å². The number of imidazole rings is 1. The topological polar surface area (TPSA) is 82.1 Å². The summed E-state index contributed by atoms with van der Waals surface area (Å²) in [6.45, 7) is 5.65. The lowest BCUT2D eigenvalue weighted by molar-refractivity contribution is 0.177. The highest BCUT2D eigenvalue weighted by Crippen LogP contribution is 2.36. The Labute approximate surface area is 185 Å². The van der Waals surface area contributed by atoms with E-state index in [0.717, 1.165) is 55.6 Å². The monoisotopic (exact) mass is 442 g/mol. The smallest absolute Gasteiger partial charge is 0.156 e. The van der Waals surface area contributed by atoms with Gasteiger partial charge < -0.3 is 19.9 Å². The van der Waals surface area contributed by atoms with Gasteiger partial charge in [-0.3, -0.25) is 0 Å². The molecular formula is C20H32Cl2N6O. The minimum Gasteiger partial charge on any atom is -0.377 e. The second-order valence-electron chi connectivity index (χ2n) is 7.99. The van der Waals surface area contributed by atoms with E-state index in [4.69, 9.17) is 20.4 Å². The highest BCUT2D eigenvalue weighted by molar-refractivity contribution is 5.85. The Bertz CT molecular complexity index is 772. The van der Waals surface area contributed by atoms with E-state index in [0.29, 0.717) is 24.5 Å². The molecule has 0 atom stereocenters. The Hall–Kier alpha value is -1.41. The molecule has 0 spiro atoms. The lowest BCUT2D eigenvalue weighted by Crippen LogP contribution is -2.37. The summed E-state index contributed by atoms with van der Waals surface area (Å²) in [5.74, 6) is 4.09. The molecule has 0 radical (unpaired) electrons. The lowest BCUT2D eigenvalue weighted by Gasteiger charge is -2.35. The van der Waals surface area contributed by atoms with Crippen LogP contribution in [0.15, 0.2) is 18.5 Å². The fraction of sp³-hybridized carbons (Fsp3) is 0.650. The molecule has 2 aromatic rings. The van der Waals surface area contributed by atoms with E-state index in [1.165, 1.54) is 12.8 Å². The molecule has 162 valence electrons. The summed E-state index contributed by atoms with van der Waals surface area (Å²) < 4.78 is 7.55. The van der Waals surface area contributed by atoms with Gasteiger partial charge in [0.15, 0.2) is 5.82 Å². The van der Waals surface area contributed by atoms with Crippen molar-refractivity contribution in [2.24, 2.45) is 11.7 Å². The van der Waals surface area contributed by atoms with Gasteiger partial charge >= 0.3 is 0 Å². The number of aromatic nitrogens is 4. The van der Waals surface area contributed by atoms with E-state index in [1.807, 2.05) is 6.20 Å². The average molecular weight is 443 g/mol. The third kappa shape index (κ3) is 5.60. The second kappa shape index (κ2) is 10.6. The van der Waals surface area contributed by atoms with Crippen LogP contribution >= 0.6 is 24.8 Å². The van der Waals surface area contributed by atoms with Gasteiger partial charge in [0.2, 0.25) is 0 Å². The first kappa shape index (κ1) is 23.9. The first-order valence-corrected chi connectivity index (χ1v) is 9.97. The first-order valence-electron chi connectivity index (χ1n) is 9.97. The molecule has 2 fully saturated rings. The first-order chi connectivity index (χ1) is 13.1. The van der Waals surface area contributed by atoms with Gasteiger partial charge in [0, 0.05) is 62.9 Å². The molecule has 4 rings (SSSR count). The van der Waals surface area contributed by atoms with Crippen LogP contribution in [0.4, 0.5) is 5.82 Å². The zero-order valence-electron chi connectivity index (χ0n) is 17.2. The molecule has 1 saturated heterocycles. The van der Waals surface area contributed by atoms with Gasteiger partial charge in [0.1, 0.15) is 18.2 Å². The maximum absolute atomic E-state index is 5.98. The Morgan fingerprint density at radius 3 is 2.48 bits per heavy atom. The molecule has 1 saturated carbocycles. The van der Waals surface area contributed by atoms with Gasteiger partial charge in [-0.05, 0) is 38.5 Å². The standard InChI is InChI=1S/C20H30N6O.2ClH/c1-14-22-5-8-26(14)12-15-3-6-25(7-4-15)20-11-18(16-9-17(21)10-16)23-19(24-20)13-27-2;;/h5,8,11,15-17H,3-4,6-7,9-10,12-13,21H2,1-2H3;2*1H. The number of piperidine rings is 1. The summed E-state index contributed by atoms with van der Waals surface area (Å²) in [7, 11) is 1.69. The molecule has 3 heterocycles. The number of methoxy groups -OCH3 is 1. The van der Waals surface area contributed by atoms with Gasteiger partial charge in [-0.15, -0.1) is 24.8 Å². The van der Waals surface area contributed by atoms with Crippen molar-refractivity contribution < 1.29 is 4.74 Å². The Kier molecular flexibility index (Phi) is 8.70. The molecule has 0 aromatic carbocycles. The highest BCUT2D eigenvalue weighted by Gasteiger charge is 2.30. The Morgan fingerprint density at radius 2 is 1.90 bits per heavy atom. The van der Waals surface area contributed by atoms with Crippen molar-refractivity contribution in [3.63, 3.8) is 0 Å². The summed E-state index contributed by atoms with van der Waals surface area (Å²) in [4.78, 5) is 16.2. The van der Waals surface area contributed by atoms with Crippen molar-refractivity contribution in [1.29, 1.82) is 0 Å². The molecule has 7 nitrogen and oxygen atoms in total. The van der Waals surface area contributed by atoms with Gasteiger partial charge in [-0.1, -0.05) is 0 Å². The van der Waals surface area contributed by atoms with Gasteiger partial charge in [-0.2, -0.15) is 0 Å². The van der Waals surface area contributed by atoms with Crippen LogP contribution < -0.4 is 10.6 Å². The van der Waals surface area contributed by atoms with Crippen molar-refractivity contribution in [2.45, 2.75) is 57.7 Å². The number of nitrogens with zero attached hydrogens (tertiary/aromatic N) is 5. The normalized spacial score (nSPS) is 21.8. The number of rotatable bonds is 6. The Balaban J connectivity index is 0.00000150. The zero-order chi connectivity index (χ0) is 18.8. The molecule has 2 aromatic heterocycles. The molecule has 2 N–H and O–H groups in total. The molecule has 0 amide bonds. The van der Waals surface area contributed by atoms with Crippen LogP contribution in [0.5, 0.6) is 0 Å². The molecule has 0 bridgehead atoms. The summed E-state index contributed by atoms with van der Waals surface area (Å²) in [6, 6.07) is 2.50. The summed E-state index contributed by atoms with van der Waals surface area (Å²) >= 11 is 0. The SMILES string of the molecule is COCc1nc(C2CC(N)C2)cc(N2CCC(Cn3ccnc3C)CC2)n1.Cl.Cl. The predicted octanol–water partition coefficient (Wildman–Crippen LogP) is 3.09. The molecule has 2 aliphatic rings. The Morgan fingerprint density at radius 1 is 1.17 bits per heavy atom. The van der Waals surface area contributed by atoms with Gasteiger partial charge in [-0.25, -0.2) is 15.0 Å². The van der Waals surface area contributed by atoms with E-state index in [-0.39, 0.29) is 24.8 Å². The number of hydrogen-bond donors (Lipinski definition) is 1. The molecule has 0 unspecified atom stereocenters. The fourth-order valence-electron chi connectivity index (χ4n) is 4.19. The highest BCUT2D eigenvalue weighted by atomic mass is 35.5. The molecule has 1 aliphatic heterocycles. The number of nitrogens with two attached hydrogens (primary N) is 1. The van der Waals surface area contributed by atoms with Crippen molar-refractivity contribution >= 4 is 30.6 Å². The molecular weight excluding hydrogens is 411 g/mol. The second-order valence-corrected chi connectivity index (χ2v) is 7.99. The third-order valence-corrected chi connectivity index (χ3v) is 5.96. The summed E-state index contributed by atoms with van der Waals surface area (Å²) in [5, 5.41) is 0. The number of ether oxygens (including phenoxy) is 1. The quantitative estimate of drug-likeness (QED) is 0.739. The van der Waals surface area contributed by atoms with Crippen molar-refractivity contribution in [3.05, 3.63) is 35.8 Å². The van der Waals surface area contributed by atoms with Crippen LogP contribution in [0.1, 0.15) is 48.9 Å². The van der Waals surface area contributed by atoms with Crippen molar-refractivity contribution in [3.8, 4) is 0 Å². The van der Waals surface area contributed by atoms with E-state index in [2.05, 4.69) is 33.6 Å². The van der Waals surface area contributed by atoms with Crippen LogP contribution in [-0.2, 0) is 17.9 Å². The largest absolute Gasteiger partial charge is 0.377 e. The summed E-state index contributed by atoms with van der Waals surface area (Å²) in [5.41, 5.74) is 7.11. The number of aryl methyl sites for hydroxylation is 1. The number of anilines is 1. The van der Waals surface area contributed by atoms with E-state index in [1.54, 1.807) is 7.11 Å². The fourth-order valence-corrected chi connectivity index (χ4v) is 4.19. The lowest BCUT2D eigenvalue weighted by atomic mass is 9.78. The number of halogens is 2. The predicted molar refractivity (Wildman–Crippen MR) is 119 cm³/mol. The maximum atomic E-state index is 5.98. The number of hydrogen-bond acceptors (Lipinski definition) is 6. The molecule has 29 heavy (non-hydrogen) atoms. The average Bonchev–Trinajstić information content (AvgIpc) is 3.04. The van der Waals surface area contributed by atoms with Gasteiger partial charge in [0.05, 0.1) is 0 Å².